The van der Waals surface area contributed by atoms with Gasteiger partial charge in [0, 0.05) is 38.9 Å². The highest BCUT2D eigenvalue weighted by molar-refractivity contribution is 5.80. The van der Waals surface area contributed by atoms with E-state index in [1.54, 1.807) is 32.3 Å². The van der Waals surface area contributed by atoms with Crippen LogP contribution in [0.3, 0.4) is 0 Å². The van der Waals surface area contributed by atoms with E-state index >= 15 is 0 Å². The van der Waals surface area contributed by atoms with Crippen LogP contribution in [0.15, 0.2) is 18.3 Å². The van der Waals surface area contributed by atoms with E-state index in [0.29, 0.717) is 11.8 Å². The maximum atomic E-state index is 12.1. The van der Waals surface area contributed by atoms with Crippen molar-refractivity contribution in [3.05, 3.63) is 23.9 Å². The molecule has 6 nitrogen and oxygen atoms in total. The number of ether oxygens (including phenoxy) is 2. The minimum Gasteiger partial charge on any atom is -0.481 e. The first-order valence-corrected chi connectivity index (χ1v) is 8.15. The summed E-state index contributed by atoms with van der Waals surface area (Å²) < 4.78 is 11.4. The van der Waals surface area contributed by atoms with Gasteiger partial charge in [-0.05, 0) is 31.4 Å². The van der Waals surface area contributed by atoms with Crippen LogP contribution in [-0.4, -0.2) is 67.2 Å². The molecule has 2 aliphatic rings. The number of amides is 1. The van der Waals surface area contributed by atoms with Crippen LogP contribution >= 0.6 is 0 Å². The lowest BCUT2D eigenvalue weighted by atomic mass is 9.91. The van der Waals surface area contributed by atoms with Crippen molar-refractivity contribution in [2.45, 2.75) is 31.6 Å². The Morgan fingerprint density at radius 2 is 2.35 bits per heavy atom. The van der Waals surface area contributed by atoms with Crippen molar-refractivity contribution in [1.82, 2.24) is 14.8 Å². The Morgan fingerprint density at radius 1 is 1.52 bits per heavy atom. The number of likely N-dealkylation sites (N-methyl/N-ethyl adjacent to an activating group) is 1. The summed E-state index contributed by atoms with van der Waals surface area (Å²) in [6.45, 7) is 2.68. The van der Waals surface area contributed by atoms with Gasteiger partial charge in [-0.1, -0.05) is 6.07 Å². The molecule has 0 unspecified atom stereocenters. The predicted molar refractivity (Wildman–Crippen MR) is 86.1 cm³/mol. The van der Waals surface area contributed by atoms with Crippen LogP contribution in [0.1, 0.15) is 18.4 Å². The molecule has 3 rings (SSSR count). The molecule has 1 amide bonds. The van der Waals surface area contributed by atoms with Gasteiger partial charge >= 0.3 is 0 Å². The Morgan fingerprint density at radius 3 is 3.09 bits per heavy atom. The number of rotatable bonds is 4. The second-order valence-corrected chi connectivity index (χ2v) is 6.59. The van der Waals surface area contributed by atoms with Gasteiger partial charge in [-0.3, -0.25) is 9.69 Å². The molecule has 6 heteroatoms. The molecule has 23 heavy (non-hydrogen) atoms. The Labute approximate surface area is 137 Å². The molecule has 3 heterocycles. The molecule has 0 radical (unpaired) electrons. The minimum atomic E-state index is -0.270. The second kappa shape index (κ2) is 6.84. The summed E-state index contributed by atoms with van der Waals surface area (Å²) in [7, 11) is 5.22. The molecule has 2 saturated heterocycles. The summed E-state index contributed by atoms with van der Waals surface area (Å²) in [6, 6.07) is 3.98. The van der Waals surface area contributed by atoms with E-state index in [-0.39, 0.29) is 18.1 Å². The third kappa shape index (κ3) is 3.48. The summed E-state index contributed by atoms with van der Waals surface area (Å²) in [6.07, 6.45) is 3.55. The Hall–Kier alpha value is -1.66. The standard InChI is InChI=1S/C17H25N3O3/c1-19(2)17(21)14-9-12-6-8-20(11-15(12)23-14)10-13-5-4-7-18-16(13)22-3/h4-5,7,12,14-15H,6,8-11H2,1-3H3/t12-,14+,15+/m0/s1. The Kier molecular flexibility index (Phi) is 4.82. The molecule has 0 aliphatic carbocycles. The number of hydrogen-bond donors (Lipinski definition) is 0. The molecule has 3 atom stereocenters. The highest BCUT2D eigenvalue weighted by atomic mass is 16.5. The van der Waals surface area contributed by atoms with Gasteiger partial charge in [-0.15, -0.1) is 0 Å². The average molecular weight is 319 g/mol. The molecular weight excluding hydrogens is 294 g/mol. The van der Waals surface area contributed by atoms with Gasteiger partial charge in [0.25, 0.3) is 5.91 Å². The molecule has 0 bridgehead atoms. The number of nitrogens with zero attached hydrogens (tertiary/aromatic N) is 3. The molecular formula is C17H25N3O3. The van der Waals surface area contributed by atoms with E-state index in [1.807, 2.05) is 12.1 Å². The van der Waals surface area contributed by atoms with E-state index in [2.05, 4.69) is 9.88 Å². The van der Waals surface area contributed by atoms with Crippen molar-refractivity contribution in [2.75, 3.05) is 34.3 Å². The molecule has 2 fully saturated rings. The fourth-order valence-electron chi connectivity index (χ4n) is 3.55. The fraction of sp³-hybridized carbons (Fsp3) is 0.647. The minimum absolute atomic E-state index is 0.0832. The fourth-order valence-corrected chi connectivity index (χ4v) is 3.55. The number of pyridine rings is 1. The van der Waals surface area contributed by atoms with Crippen LogP contribution in [0, 0.1) is 5.92 Å². The van der Waals surface area contributed by atoms with Gasteiger partial charge in [0.05, 0.1) is 13.2 Å². The zero-order chi connectivity index (χ0) is 16.4. The molecule has 0 aromatic carbocycles. The largest absolute Gasteiger partial charge is 0.481 e. The van der Waals surface area contributed by atoms with Crippen LogP contribution in [0.5, 0.6) is 5.88 Å². The van der Waals surface area contributed by atoms with Gasteiger partial charge in [0.2, 0.25) is 5.88 Å². The molecule has 1 aromatic rings. The number of methoxy groups -OCH3 is 1. The third-order valence-electron chi connectivity index (χ3n) is 4.79. The second-order valence-electron chi connectivity index (χ2n) is 6.59. The lowest BCUT2D eigenvalue weighted by Crippen LogP contribution is -2.42. The SMILES string of the molecule is COc1ncccc1CN1CC[C@H]2C[C@H](C(=O)N(C)C)O[C@@H]2C1. The maximum Gasteiger partial charge on any atom is 0.251 e. The van der Waals surface area contributed by atoms with Crippen LogP contribution in [0.2, 0.25) is 0 Å². The first-order valence-electron chi connectivity index (χ1n) is 8.15. The van der Waals surface area contributed by atoms with Crippen LogP contribution in [0.4, 0.5) is 0 Å². The number of likely N-dealkylation sites (tertiary alicyclic amines) is 1. The quantitative estimate of drug-likeness (QED) is 0.833. The van der Waals surface area contributed by atoms with E-state index in [0.717, 1.165) is 38.0 Å². The lowest BCUT2D eigenvalue weighted by Gasteiger charge is -2.34. The highest BCUT2D eigenvalue weighted by Crippen LogP contribution is 2.34. The van der Waals surface area contributed by atoms with Crippen molar-refractivity contribution in [2.24, 2.45) is 5.92 Å². The topological polar surface area (TPSA) is 54.9 Å². The molecule has 0 saturated carbocycles. The van der Waals surface area contributed by atoms with E-state index < -0.39 is 0 Å². The van der Waals surface area contributed by atoms with Crippen LogP contribution < -0.4 is 4.74 Å². The number of aromatic nitrogens is 1. The number of piperidine rings is 1. The first kappa shape index (κ1) is 16.2. The number of fused-ring (bicyclic) bond motifs is 1. The average Bonchev–Trinajstić information content (AvgIpc) is 2.97. The summed E-state index contributed by atoms with van der Waals surface area (Å²) in [4.78, 5) is 20.4. The molecule has 126 valence electrons. The van der Waals surface area contributed by atoms with E-state index in [9.17, 15) is 4.79 Å². The van der Waals surface area contributed by atoms with Crippen LogP contribution in [-0.2, 0) is 16.1 Å². The van der Waals surface area contributed by atoms with Crippen molar-refractivity contribution in [3.8, 4) is 5.88 Å². The lowest BCUT2D eigenvalue weighted by molar-refractivity contribution is -0.141. The normalized spacial score (nSPS) is 27.5. The van der Waals surface area contributed by atoms with E-state index in [4.69, 9.17) is 9.47 Å². The van der Waals surface area contributed by atoms with E-state index in [1.165, 1.54) is 0 Å². The summed E-state index contributed by atoms with van der Waals surface area (Å²) >= 11 is 0. The van der Waals surface area contributed by atoms with Crippen molar-refractivity contribution in [1.29, 1.82) is 0 Å². The molecule has 2 aliphatic heterocycles. The number of hydrogen-bond acceptors (Lipinski definition) is 5. The zero-order valence-corrected chi connectivity index (χ0v) is 14.1. The number of carbonyl (C=O) groups is 1. The maximum absolute atomic E-state index is 12.1. The Balaban J connectivity index is 1.61. The van der Waals surface area contributed by atoms with Gasteiger partial charge in [-0.2, -0.15) is 0 Å². The highest BCUT2D eigenvalue weighted by Gasteiger charge is 2.42. The van der Waals surface area contributed by atoms with Crippen molar-refractivity contribution >= 4 is 5.91 Å². The monoisotopic (exact) mass is 319 g/mol. The van der Waals surface area contributed by atoms with Crippen molar-refractivity contribution < 1.29 is 14.3 Å². The van der Waals surface area contributed by atoms with Gasteiger partial charge < -0.3 is 14.4 Å². The summed E-state index contributed by atoms with van der Waals surface area (Å²) in [5.74, 6) is 1.26. The molecule has 0 spiro atoms. The predicted octanol–water partition coefficient (Wildman–Crippen LogP) is 1.16. The molecule has 1 aromatic heterocycles. The summed E-state index contributed by atoms with van der Waals surface area (Å²) in [5, 5.41) is 0. The number of carbonyl (C=O) groups excluding carboxylic acids is 1. The summed E-state index contributed by atoms with van der Waals surface area (Å²) in [5.41, 5.74) is 1.09. The van der Waals surface area contributed by atoms with Gasteiger partial charge in [-0.25, -0.2) is 4.98 Å². The van der Waals surface area contributed by atoms with Gasteiger partial charge in [0.15, 0.2) is 0 Å². The zero-order valence-electron chi connectivity index (χ0n) is 14.1. The first-order chi connectivity index (χ1) is 11.1. The Bertz CT molecular complexity index is 564. The van der Waals surface area contributed by atoms with Crippen LogP contribution in [0.25, 0.3) is 0 Å². The third-order valence-corrected chi connectivity index (χ3v) is 4.79. The van der Waals surface area contributed by atoms with Crippen molar-refractivity contribution in [3.63, 3.8) is 0 Å². The van der Waals surface area contributed by atoms with Gasteiger partial charge in [0.1, 0.15) is 6.10 Å². The molecule has 0 N–H and O–H groups in total. The smallest absolute Gasteiger partial charge is 0.251 e.